The standard InChI is InChI=1S/C9H18N2O2/c1-3-8(10)9(12)11-6-5-7-13-4-2/h4,8H,2-3,5-7,10H2,1H3,(H,11,12). The fourth-order valence-corrected chi connectivity index (χ4v) is 0.767. The van der Waals surface area contributed by atoms with E-state index in [1.807, 2.05) is 6.92 Å². The molecular formula is C9H18N2O2. The number of carbonyl (C=O) groups is 1. The highest BCUT2D eigenvalue weighted by atomic mass is 16.5. The molecule has 1 amide bonds. The monoisotopic (exact) mass is 186 g/mol. The predicted octanol–water partition coefficient (Wildman–Crippen LogP) is 0.390. The van der Waals surface area contributed by atoms with Crippen molar-refractivity contribution in [2.45, 2.75) is 25.8 Å². The van der Waals surface area contributed by atoms with Gasteiger partial charge >= 0.3 is 0 Å². The minimum Gasteiger partial charge on any atom is -0.502 e. The van der Waals surface area contributed by atoms with Crippen LogP contribution in [0.25, 0.3) is 0 Å². The normalized spacial score (nSPS) is 11.8. The molecule has 0 aliphatic heterocycles. The van der Waals surface area contributed by atoms with Crippen LogP contribution in [-0.4, -0.2) is 25.1 Å². The summed E-state index contributed by atoms with van der Waals surface area (Å²) in [7, 11) is 0. The summed E-state index contributed by atoms with van der Waals surface area (Å²) in [4.78, 5) is 11.1. The quantitative estimate of drug-likeness (QED) is 0.446. The summed E-state index contributed by atoms with van der Waals surface area (Å²) in [6.45, 7) is 6.46. The van der Waals surface area contributed by atoms with Gasteiger partial charge in [0, 0.05) is 6.54 Å². The van der Waals surface area contributed by atoms with Crippen molar-refractivity contribution in [2.24, 2.45) is 5.73 Å². The molecule has 0 fully saturated rings. The lowest BCUT2D eigenvalue weighted by atomic mass is 10.2. The summed E-state index contributed by atoms with van der Waals surface area (Å²) in [6.07, 6.45) is 2.82. The maximum absolute atomic E-state index is 11.1. The lowest BCUT2D eigenvalue weighted by Gasteiger charge is -2.09. The van der Waals surface area contributed by atoms with E-state index in [0.717, 1.165) is 6.42 Å². The highest BCUT2D eigenvalue weighted by Crippen LogP contribution is 1.86. The Labute approximate surface area is 79.1 Å². The molecule has 0 heterocycles. The Kier molecular flexibility index (Phi) is 7.01. The SMILES string of the molecule is C=COCCCNC(=O)C(N)CC. The number of amides is 1. The van der Waals surface area contributed by atoms with Crippen molar-refractivity contribution >= 4 is 5.91 Å². The van der Waals surface area contributed by atoms with E-state index in [2.05, 4.69) is 11.9 Å². The third-order valence-corrected chi connectivity index (χ3v) is 1.63. The van der Waals surface area contributed by atoms with Gasteiger partial charge in [-0.25, -0.2) is 0 Å². The second-order valence-electron chi connectivity index (χ2n) is 2.70. The first-order valence-corrected chi connectivity index (χ1v) is 4.48. The van der Waals surface area contributed by atoms with E-state index in [-0.39, 0.29) is 11.9 Å². The van der Waals surface area contributed by atoms with Gasteiger partial charge < -0.3 is 15.8 Å². The van der Waals surface area contributed by atoms with E-state index >= 15 is 0 Å². The number of carbonyl (C=O) groups excluding carboxylic acids is 1. The van der Waals surface area contributed by atoms with E-state index in [0.29, 0.717) is 19.6 Å². The first-order chi connectivity index (χ1) is 6.22. The van der Waals surface area contributed by atoms with Gasteiger partial charge in [-0.05, 0) is 12.8 Å². The maximum Gasteiger partial charge on any atom is 0.236 e. The number of nitrogens with two attached hydrogens (primary N) is 1. The Hall–Kier alpha value is -1.03. The summed E-state index contributed by atoms with van der Waals surface area (Å²) in [5, 5.41) is 2.71. The van der Waals surface area contributed by atoms with Crippen LogP contribution in [0.15, 0.2) is 12.8 Å². The zero-order valence-electron chi connectivity index (χ0n) is 8.08. The molecule has 13 heavy (non-hydrogen) atoms. The smallest absolute Gasteiger partial charge is 0.236 e. The maximum atomic E-state index is 11.1. The second kappa shape index (κ2) is 7.61. The van der Waals surface area contributed by atoms with Crippen LogP contribution in [0.4, 0.5) is 0 Å². The Balaban J connectivity index is 3.31. The first-order valence-electron chi connectivity index (χ1n) is 4.48. The van der Waals surface area contributed by atoms with E-state index in [9.17, 15) is 4.79 Å². The predicted molar refractivity (Wildman–Crippen MR) is 52.0 cm³/mol. The van der Waals surface area contributed by atoms with E-state index in [4.69, 9.17) is 10.5 Å². The minimum absolute atomic E-state index is 0.0962. The molecule has 4 heteroatoms. The minimum atomic E-state index is -0.389. The first kappa shape index (κ1) is 12.0. The van der Waals surface area contributed by atoms with Crippen LogP contribution in [0.2, 0.25) is 0 Å². The van der Waals surface area contributed by atoms with Gasteiger partial charge in [0.2, 0.25) is 5.91 Å². The number of ether oxygens (including phenoxy) is 1. The van der Waals surface area contributed by atoms with Crippen LogP contribution in [0.3, 0.4) is 0 Å². The van der Waals surface area contributed by atoms with Crippen LogP contribution in [0.1, 0.15) is 19.8 Å². The van der Waals surface area contributed by atoms with Crippen LogP contribution in [-0.2, 0) is 9.53 Å². The van der Waals surface area contributed by atoms with Gasteiger partial charge in [-0.15, -0.1) is 0 Å². The third kappa shape index (κ3) is 6.16. The summed E-state index contributed by atoms with van der Waals surface area (Å²) in [6, 6.07) is -0.389. The highest BCUT2D eigenvalue weighted by Gasteiger charge is 2.08. The molecular weight excluding hydrogens is 168 g/mol. The fourth-order valence-electron chi connectivity index (χ4n) is 0.767. The van der Waals surface area contributed by atoms with Crippen LogP contribution >= 0.6 is 0 Å². The van der Waals surface area contributed by atoms with Crippen molar-refractivity contribution in [3.8, 4) is 0 Å². The molecule has 0 saturated carbocycles. The van der Waals surface area contributed by atoms with Crippen molar-refractivity contribution in [3.63, 3.8) is 0 Å². The molecule has 0 aromatic carbocycles. The van der Waals surface area contributed by atoms with Crippen LogP contribution < -0.4 is 11.1 Å². The molecule has 1 atom stereocenters. The lowest BCUT2D eigenvalue weighted by molar-refractivity contribution is -0.122. The van der Waals surface area contributed by atoms with Crippen molar-refractivity contribution in [3.05, 3.63) is 12.8 Å². The van der Waals surface area contributed by atoms with Crippen molar-refractivity contribution in [1.29, 1.82) is 0 Å². The van der Waals surface area contributed by atoms with E-state index < -0.39 is 0 Å². The Morgan fingerprint density at radius 1 is 1.77 bits per heavy atom. The zero-order chi connectivity index (χ0) is 10.1. The zero-order valence-corrected chi connectivity index (χ0v) is 8.08. The van der Waals surface area contributed by atoms with Gasteiger partial charge in [0.15, 0.2) is 0 Å². The summed E-state index contributed by atoms with van der Waals surface area (Å²) in [5.74, 6) is -0.0962. The summed E-state index contributed by atoms with van der Waals surface area (Å²) in [5.41, 5.74) is 5.50. The van der Waals surface area contributed by atoms with Gasteiger partial charge in [-0.3, -0.25) is 4.79 Å². The Morgan fingerprint density at radius 2 is 2.46 bits per heavy atom. The molecule has 0 aromatic heterocycles. The van der Waals surface area contributed by atoms with Gasteiger partial charge in [0.05, 0.1) is 18.9 Å². The van der Waals surface area contributed by atoms with Crippen LogP contribution in [0.5, 0.6) is 0 Å². The largest absolute Gasteiger partial charge is 0.502 e. The fraction of sp³-hybridized carbons (Fsp3) is 0.667. The molecule has 1 unspecified atom stereocenters. The van der Waals surface area contributed by atoms with E-state index in [1.54, 1.807) is 0 Å². The van der Waals surface area contributed by atoms with Gasteiger partial charge in [0.1, 0.15) is 0 Å². The van der Waals surface area contributed by atoms with Crippen molar-refractivity contribution in [2.75, 3.05) is 13.2 Å². The molecule has 0 rings (SSSR count). The molecule has 0 spiro atoms. The number of hydrogen-bond donors (Lipinski definition) is 2. The lowest BCUT2D eigenvalue weighted by Crippen LogP contribution is -2.40. The molecule has 0 aliphatic carbocycles. The van der Waals surface area contributed by atoms with Crippen molar-refractivity contribution < 1.29 is 9.53 Å². The molecule has 0 saturated heterocycles. The number of nitrogens with one attached hydrogen (secondary N) is 1. The third-order valence-electron chi connectivity index (χ3n) is 1.63. The van der Waals surface area contributed by atoms with Gasteiger partial charge in [0.25, 0.3) is 0 Å². The molecule has 3 N–H and O–H groups in total. The topological polar surface area (TPSA) is 64.3 Å². The Bertz CT molecular complexity index is 160. The van der Waals surface area contributed by atoms with Crippen molar-refractivity contribution in [1.82, 2.24) is 5.32 Å². The van der Waals surface area contributed by atoms with Gasteiger partial charge in [-0.1, -0.05) is 13.5 Å². The molecule has 4 nitrogen and oxygen atoms in total. The van der Waals surface area contributed by atoms with Crippen LogP contribution in [0, 0.1) is 0 Å². The van der Waals surface area contributed by atoms with Gasteiger partial charge in [-0.2, -0.15) is 0 Å². The molecule has 0 bridgehead atoms. The number of hydrogen-bond acceptors (Lipinski definition) is 3. The average molecular weight is 186 g/mol. The highest BCUT2D eigenvalue weighted by molar-refractivity contribution is 5.81. The molecule has 0 aliphatic rings. The molecule has 0 aromatic rings. The second-order valence-corrected chi connectivity index (χ2v) is 2.70. The Morgan fingerprint density at radius 3 is 3.00 bits per heavy atom. The number of rotatable bonds is 7. The van der Waals surface area contributed by atoms with E-state index in [1.165, 1.54) is 6.26 Å². The summed E-state index contributed by atoms with van der Waals surface area (Å²) < 4.78 is 4.88. The average Bonchev–Trinajstić information content (AvgIpc) is 2.16. The molecule has 76 valence electrons. The summed E-state index contributed by atoms with van der Waals surface area (Å²) >= 11 is 0. The molecule has 0 radical (unpaired) electrons.